The Labute approximate surface area is 137 Å². The van der Waals surface area contributed by atoms with Gasteiger partial charge in [0.1, 0.15) is 0 Å². The fraction of sp³-hybridized carbons (Fsp3) is 0.0526. The van der Waals surface area contributed by atoms with Gasteiger partial charge in [0.05, 0.1) is 22.3 Å². The number of aryl methyl sites for hydroxylation is 1. The minimum atomic E-state index is -0.0670. The first-order valence-electron chi connectivity index (χ1n) is 7.29. The van der Waals surface area contributed by atoms with Gasteiger partial charge in [-0.25, -0.2) is 4.98 Å². The van der Waals surface area contributed by atoms with Crippen molar-refractivity contribution in [3.63, 3.8) is 0 Å². The van der Waals surface area contributed by atoms with E-state index in [9.17, 15) is 4.79 Å². The van der Waals surface area contributed by atoms with Crippen molar-refractivity contribution in [1.29, 1.82) is 0 Å². The van der Waals surface area contributed by atoms with Crippen LogP contribution in [0.1, 0.15) is 0 Å². The van der Waals surface area contributed by atoms with E-state index in [0.29, 0.717) is 16.3 Å². The topological polar surface area (TPSA) is 34.9 Å². The standard InChI is InChI=1S/C19H13ClN2O/c1-22-18-9-7-14(20)10-13(18)11-15(19(22)23)17-8-6-12-4-2-3-5-16(12)21-17/h2-11H,1H3. The number of rotatable bonds is 1. The number of fused-ring (bicyclic) bond motifs is 2. The summed E-state index contributed by atoms with van der Waals surface area (Å²) in [7, 11) is 1.77. The van der Waals surface area contributed by atoms with E-state index in [1.54, 1.807) is 17.7 Å². The van der Waals surface area contributed by atoms with Crippen LogP contribution in [0.15, 0.2) is 65.5 Å². The highest BCUT2D eigenvalue weighted by Gasteiger charge is 2.11. The van der Waals surface area contributed by atoms with Crippen molar-refractivity contribution >= 4 is 33.4 Å². The summed E-state index contributed by atoms with van der Waals surface area (Å²) in [5.74, 6) is 0. The quantitative estimate of drug-likeness (QED) is 0.521. The molecule has 2 aromatic carbocycles. The Kier molecular flexibility index (Phi) is 3.17. The normalized spacial score (nSPS) is 11.2. The highest BCUT2D eigenvalue weighted by Crippen LogP contribution is 2.24. The molecule has 112 valence electrons. The van der Waals surface area contributed by atoms with Crippen LogP contribution in [-0.4, -0.2) is 9.55 Å². The number of hydrogen-bond acceptors (Lipinski definition) is 2. The second-order valence-electron chi connectivity index (χ2n) is 5.51. The Morgan fingerprint density at radius 3 is 2.65 bits per heavy atom. The summed E-state index contributed by atoms with van der Waals surface area (Å²) in [6.45, 7) is 0. The van der Waals surface area contributed by atoms with Crippen LogP contribution in [0.5, 0.6) is 0 Å². The van der Waals surface area contributed by atoms with Crippen molar-refractivity contribution < 1.29 is 0 Å². The van der Waals surface area contributed by atoms with Crippen LogP contribution < -0.4 is 5.56 Å². The van der Waals surface area contributed by atoms with Gasteiger partial charge in [0.15, 0.2) is 0 Å². The van der Waals surface area contributed by atoms with E-state index < -0.39 is 0 Å². The first kappa shape index (κ1) is 14.0. The van der Waals surface area contributed by atoms with Crippen molar-refractivity contribution in [2.24, 2.45) is 7.05 Å². The molecule has 0 unspecified atom stereocenters. The number of para-hydroxylation sites is 1. The van der Waals surface area contributed by atoms with E-state index in [4.69, 9.17) is 11.6 Å². The number of benzene rings is 2. The van der Waals surface area contributed by atoms with E-state index in [-0.39, 0.29) is 5.56 Å². The van der Waals surface area contributed by atoms with Gasteiger partial charge in [0.25, 0.3) is 5.56 Å². The molecule has 0 bridgehead atoms. The number of hydrogen-bond donors (Lipinski definition) is 0. The molecule has 0 aliphatic carbocycles. The van der Waals surface area contributed by atoms with Crippen molar-refractivity contribution in [3.05, 3.63) is 76.0 Å². The molecule has 0 N–H and O–H groups in total. The zero-order valence-corrected chi connectivity index (χ0v) is 13.2. The maximum atomic E-state index is 12.7. The van der Waals surface area contributed by atoms with Gasteiger partial charge in [-0.2, -0.15) is 0 Å². The lowest BCUT2D eigenvalue weighted by atomic mass is 10.1. The predicted molar refractivity (Wildman–Crippen MR) is 94.9 cm³/mol. The molecule has 0 spiro atoms. The van der Waals surface area contributed by atoms with Gasteiger partial charge in [-0.1, -0.05) is 35.9 Å². The number of nitrogens with zero attached hydrogens (tertiary/aromatic N) is 2. The van der Waals surface area contributed by atoms with Crippen LogP contribution >= 0.6 is 11.6 Å². The third-order valence-corrected chi connectivity index (χ3v) is 4.30. The van der Waals surface area contributed by atoms with E-state index >= 15 is 0 Å². The molecule has 4 heteroatoms. The molecule has 0 aliphatic heterocycles. The molecule has 2 aromatic heterocycles. The molecule has 0 amide bonds. The summed E-state index contributed by atoms with van der Waals surface area (Å²) < 4.78 is 1.64. The van der Waals surface area contributed by atoms with Crippen molar-refractivity contribution in [1.82, 2.24) is 9.55 Å². The summed E-state index contributed by atoms with van der Waals surface area (Å²) >= 11 is 6.08. The monoisotopic (exact) mass is 320 g/mol. The van der Waals surface area contributed by atoms with Gasteiger partial charge < -0.3 is 4.57 Å². The molecular weight excluding hydrogens is 308 g/mol. The predicted octanol–water partition coefficient (Wildman–Crippen LogP) is 4.41. The Morgan fingerprint density at radius 2 is 1.78 bits per heavy atom. The van der Waals surface area contributed by atoms with Gasteiger partial charge in [-0.3, -0.25) is 4.79 Å². The molecule has 2 heterocycles. The lowest BCUT2D eigenvalue weighted by Gasteiger charge is -2.09. The number of pyridine rings is 2. The van der Waals surface area contributed by atoms with Crippen LogP contribution in [0.4, 0.5) is 0 Å². The average molecular weight is 321 g/mol. The zero-order chi connectivity index (χ0) is 16.0. The van der Waals surface area contributed by atoms with Crippen molar-refractivity contribution in [2.75, 3.05) is 0 Å². The molecule has 4 aromatic rings. The highest BCUT2D eigenvalue weighted by atomic mass is 35.5. The highest BCUT2D eigenvalue weighted by molar-refractivity contribution is 6.31. The summed E-state index contributed by atoms with van der Waals surface area (Å²) in [4.78, 5) is 17.3. The largest absolute Gasteiger partial charge is 0.311 e. The lowest BCUT2D eigenvalue weighted by molar-refractivity contribution is 0.907. The van der Waals surface area contributed by atoms with Gasteiger partial charge >= 0.3 is 0 Å². The summed E-state index contributed by atoms with van der Waals surface area (Å²) in [6, 6.07) is 19.1. The Hall–Kier alpha value is -2.65. The number of aromatic nitrogens is 2. The fourth-order valence-electron chi connectivity index (χ4n) is 2.85. The third kappa shape index (κ3) is 2.30. The van der Waals surface area contributed by atoms with Crippen LogP contribution in [-0.2, 0) is 7.05 Å². The SMILES string of the molecule is Cn1c(=O)c(-c2ccc3ccccc3n2)cc2cc(Cl)ccc21. The van der Waals surface area contributed by atoms with Gasteiger partial charge in [-0.05, 0) is 36.4 Å². The minimum Gasteiger partial charge on any atom is -0.311 e. The second-order valence-corrected chi connectivity index (χ2v) is 5.95. The molecule has 0 radical (unpaired) electrons. The molecular formula is C19H13ClN2O. The Balaban J connectivity index is 2.03. The smallest absolute Gasteiger partial charge is 0.260 e. The maximum Gasteiger partial charge on any atom is 0.260 e. The molecule has 4 rings (SSSR count). The van der Waals surface area contributed by atoms with Crippen molar-refractivity contribution in [2.45, 2.75) is 0 Å². The molecule has 0 fully saturated rings. The van der Waals surface area contributed by atoms with Crippen molar-refractivity contribution in [3.8, 4) is 11.3 Å². The van der Waals surface area contributed by atoms with E-state index in [2.05, 4.69) is 4.98 Å². The Bertz CT molecular complexity index is 1120. The van der Waals surface area contributed by atoms with Gasteiger partial charge in [-0.15, -0.1) is 0 Å². The number of halogens is 1. The van der Waals surface area contributed by atoms with Crippen LogP contribution in [0.2, 0.25) is 5.02 Å². The molecule has 0 saturated carbocycles. The molecule has 3 nitrogen and oxygen atoms in total. The third-order valence-electron chi connectivity index (χ3n) is 4.06. The maximum absolute atomic E-state index is 12.7. The summed E-state index contributed by atoms with van der Waals surface area (Å²) in [5.41, 5.74) is 2.91. The molecule has 23 heavy (non-hydrogen) atoms. The summed E-state index contributed by atoms with van der Waals surface area (Å²) in [5, 5.41) is 2.62. The molecule has 0 atom stereocenters. The van der Waals surface area contributed by atoms with E-state index in [1.807, 2.05) is 54.6 Å². The second kappa shape index (κ2) is 5.21. The first-order valence-corrected chi connectivity index (χ1v) is 7.67. The molecule has 0 saturated heterocycles. The van der Waals surface area contributed by atoms with E-state index in [1.165, 1.54) is 0 Å². The van der Waals surface area contributed by atoms with E-state index in [0.717, 1.165) is 21.8 Å². The average Bonchev–Trinajstić information content (AvgIpc) is 2.57. The lowest BCUT2D eigenvalue weighted by Crippen LogP contribution is -2.19. The fourth-order valence-corrected chi connectivity index (χ4v) is 3.03. The van der Waals surface area contributed by atoms with Crippen LogP contribution in [0, 0.1) is 0 Å². The first-order chi connectivity index (χ1) is 11.1. The minimum absolute atomic E-state index is 0.0670. The summed E-state index contributed by atoms with van der Waals surface area (Å²) in [6.07, 6.45) is 0. The van der Waals surface area contributed by atoms with Crippen LogP contribution in [0.25, 0.3) is 33.1 Å². The molecule has 0 aliphatic rings. The van der Waals surface area contributed by atoms with Gasteiger partial charge in [0.2, 0.25) is 0 Å². The zero-order valence-electron chi connectivity index (χ0n) is 12.5. The van der Waals surface area contributed by atoms with Crippen LogP contribution in [0.3, 0.4) is 0 Å². The van der Waals surface area contributed by atoms with Gasteiger partial charge in [0, 0.05) is 22.8 Å². The Morgan fingerprint density at radius 1 is 0.957 bits per heavy atom.